The van der Waals surface area contributed by atoms with Crippen molar-refractivity contribution in [2.45, 2.75) is 45.8 Å². The number of benzene rings is 1. The summed E-state index contributed by atoms with van der Waals surface area (Å²) >= 11 is 0. The zero-order valence-corrected chi connectivity index (χ0v) is 17.7. The molecule has 0 N–H and O–H groups in total. The minimum atomic E-state index is 0.250. The van der Waals surface area contributed by atoms with E-state index in [2.05, 4.69) is 15.6 Å². The van der Waals surface area contributed by atoms with Gasteiger partial charge in [0.2, 0.25) is 5.91 Å². The van der Waals surface area contributed by atoms with E-state index in [-0.39, 0.29) is 5.91 Å². The number of rotatable bonds is 9. The molecule has 0 bridgehead atoms. The largest absolute Gasteiger partial charge is 0.378 e. The van der Waals surface area contributed by atoms with Crippen LogP contribution in [-0.4, -0.2) is 58.3 Å². The van der Waals surface area contributed by atoms with E-state index in [0.29, 0.717) is 32.8 Å². The zero-order valence-electron chi connectivity index (χ0n) is 17.7. The van der Waals surface area contributed by atoms with E-state index in [9.17, 15) is 4.79 Å². The third-order valence-corrected chi connectivity index (χ3v) is 5.63. The van der Waals surface area contributed by atoms with Gasteiger partial charge in [-0.15, -0.1) is 0 Å². The summed E-state index contributed by atoms with van der Waals surface area (Å²) in [4.78, 5) is 23.6. The molecule has 2 aromatic heterocycles. The van der Waals surface area contributed by atoms with Crippen LogP contribution in [0.3, 0.4) is 0 Å². The first kappa shape index (κ1) is 20.8. The van der Waals surface area contributed by atoms with Gasteiger partial charge in [-0.1, -0.05) is 24.6 Å². The molecule has 1 aromatic carbocycles. The van der Waals surface area contributed by atoms with Crippen molar-refractivity contribution in [2.24, 2.45) is 0 Å². The first-order chi connectivity index (χ1) is 14.8. The Morgan fingerprint density at radius 1 is 1.13 bits per heavy atom. The summed E-state index contributed by atoms with van der Waals surface area (Å²) in [7, 11) is 0. The average Bonchev–Trinajstić information content (AvgIpc) is 3.15. The fourth-order valence-corrected chi connectivity index (χ4v) is 4.05. The quantitative estimate of drug-likeness (QED) is 0.505. The minimum Gasteiger partial charge on any atom is -0.378 e. The molecule has 1 fully saturated rings. The Kier molecular flexibility index (Phi) is 6.92. The second-order valence-electron chi connectivity index (χ2n) is 7.63. The lowest BCUT2D eigenvalue weighted by Crippen LogP contribution is -2.40. The summed E-state index contributed by atoms with van der Waals surface area (Å²) in [5.41, 5.74) is 3.01. The molecule has 1 amide bonds. The van der Waals surface area contributed by atoms with Gasteiger partial charge in [0.05, 0.1) is 30.4 Å². The van der Waals surface area contributed by atoms with Crippen LogP contribution in [0.2, 0.25) is 0 Å². The van der Waals surface area contributed by atoms with E-state index in [1.54, 1.807) is 0 Å². The Balaban J connectivity index is 1.43. The molecule has 0 aliphatic carbocycles. The van der Waals surface area contributed by atoms with Crippen LogP contribution in [0.5, 0.6) is 0 Å². The summed E-state index contributed by atoms with van der Waals surface area (Å²) in [5, 5.41) is 1.12. The Bertz CT molecular complexity index is 995. The van der Waals surface area contributed by atoms with E-state index in [0.717, 1.165) is 66.7 Å². The lowest BCUT2D eigenvalue weighted by molar-refractivity contribution is -0.135. The third-order valence-electron chi connectivity index (χ3n) is 5.63. The number of unbranched alkanes of at least 4 members (excludes halogenated alkanes) is 2. The molecule has 0 saturated carbocycles. The van der Waals surface area contributed by atoms with Gasteiger partial charge in [0.25, 0.3) is 0 Å². The highest BCUT2D eigenvalue weighted by Crippen LogP contribution is 2.25. The molecular weight excluding hydrogens is 380 g/mol. The molecule has 30 heavy (non-hydrogen) atoms. The predicted octanol–water partition coefficient (Wildman–Crippen LogP) is 3.54. The molecule has 0 atom stereocenters. The molecule has 0 spiro atoms. The Morgan fingerprint density at radius 2 is 1.97 bits per heavy atom. The standard InChI is InChI=1S/C23H30N4O3/c1-2-29-17-21-25-20-16-24-19-9-6-5-8-18(19)23(20)27(21)11-7-3-4-10-22(28)26-12-14-30-15-13-26/h5-6,8-9,16H,2-4,7,10-15,17H2,1H3. The molecule has 1 saturated heterocycles. The van der Waals surface area contributed by atoms with Crippen molar-refractivity contribution in [3.63, 3.8) is 0 Å². The van der Waals surface area contributed by atoms with E-state index < -0.39 is 0 Å². The number of aryl methyl sites for hydroxylation is 1. The number of para-hydroxylation sites is 1. The average molecular weight is 411 g/mol. The van der Waals surface area contributed by atoms with Crippen LogP contribution in [0.1, 0.15) is 38.4 Å². The number of nitrogens with zero attached hydrogens (tertiary/aromatic N) is 4. The van der Waals surface area contributed by atoms with Gasteiger partial charge in [-0.05, 0) is 25.8 Å². The summed E-state index contributed by atoms with van der Waals surface area (Å²) in [6.07, 6.45) is 5.38. The molecule has 7 nitrogen and oxygen atoms in total. The van der Waals surface area contributed by atoms with Crippen molar-refractivity contribution in [2.75, 3.05) is 32.9 Å². The second-order valence-corrected chi connectivity index (χ2v) is 7.63. The van der Waals surface area contributed by atoms with Gasteiger partial charge in [0.1, 0.15) is 17.9 Å². The number of imidazole rings is 1. The van der Waals surface area contributed by atoms with Crippen molar-refractivity contribution in [1.29, 1.82) is 0 Å². The topological polar surface area (TPSA) is 69.5 Å². The molecule has 4 rings (SSSR count). The molecule has 0 unspecified atom stereocenters. The number of fused-ring (bicyclic) bond motifs is 3. The normalized spacial score (nSPS) is 14.6. The molecule has 160 valence electrons. The SMILES string of the molecule is CCOCc1nc2cnc3ccccc3c2n1CCCCCC(=O)N1CCOCC1. The summed E-state index contributed by atoms with van der Waals surface area (Å²) in [6.45, 7) is 6.77. The highest BCUT2D eigenvalue weighted by atomic mass is 16.5. The van der Waals surface area contributed by atoms with Gasteiger partial charge in [-0.2, -0.15) is 0 Å². The molecular formula is C23H30N4O3. The van der Waals surface area contributed by atoms with Crippen LogP contribution in [-0.2, 0) is 27.4 Å². The van der Waals surface area contributed by atoms with E-state index >= 15 is 0 Å². The Hall–Kier alpha value is -2.51. The van der Waals surface area contributed by atoms with Crippen molar-refractivity contribution in [1.82, 2.24) is 19.4 Å². The number of hydrogen-bond acceptors (Lipinski definition) is 5. The first-order valence-electron chi connectivity index (χ1n) is 10.9. The number of carbonyl (C=O) groups excluding carboxylic acids is 1. The molecule has 3 aromatic rings. The van der Waals surface area contributed by atoms with Gasteiger partial charge in [0, 0.05) is 38.0 Å². The van der Waals surface area contributed by atoms with Crippen LogP contribution in [0.15, 0.2) is 30.5 Å². The maximum absolute atomic E-state index is 12.3. The highest BCUT2D eigenvalue weighted by Gasteiger charge is 2.17. The summed E-state index contributed by atoms with van der Waals surface area (Å²) < 4.78 is 13.3. The fourth-order valence-electron chi connectivity index (χ4n) is 4.05. The van der Waals surface area contributed by atoms with E-state index in [1.807, 2.05) is 36.2 Å². The lowest BCUT2D eigenvalue weighted by atomic mass is 10.1. The number of hydrogen-bond donors (Lipinski definition) is 0. The smallest absolute Gasteiger partial charge is 0.222 e. The number of aromatic nitrogens is 3. The third kappa shape index (κ3) is 4.63. The lowest BCUT2D eigenvalue weighted by Gasteiger charge is -2.26. The maximum Gasteiger partial charge on any atom is 0.222 e. The number of ether oxygens (including phenoxy) is 2. The van der Waals surface area contributed by atoms with Gasteiger partial charge < -0.3 is 18.9 Å². The zero-order chi connectivity index (χ0) is 20.8. The van der Waals surface area contributed by atoms with E-state index in [4.69, 9.17) is 14.5 Å². The van der Waals surface area contributed by atoms with Gasteiger partial charge >= 0.3 is 0 Å². The maximum atomic E-state index is 12.3. The van der Waals surface area contributed by atoms with Crippen LogP contribution in [0.25, 0.3) is 21.9 Å². The highest BCUT2D eigenvalue weighted by molar-refractivity contribution is 6.02. The van der Waals surface area contributed by atoms with Crippen molar-refractivity contribution >= 4 is 27.8 Å². The minimum absolute atomic E-state index is 0.250. The van der Waals surface area contributed by atoms with E-state index in [1.165, 1.54) is 0 Å². The summed E-state index contributed by atoms with van der Waals surface area (Å²) in [5.74, 6) is 1.19. The molecule has 1 aliphatic rings. The van der Waals surface area contributed by atoms with Crippen LogP contribution in [0.4, 0.5) is 0 Å². The molecule has 7 heteroatoms. The van der Waals surface area contributed by atoms with Gasteiger partial charge in [0.15, 0.2) is 0 Å². The fraction of sp³-hybridized carbons (Fsp3) is 0.522. The number of amides is 1. The van der Waals surface area contributed by atoms with Gasteiger partial charge in [-0.25, -0.2) is 4.98 Å². The van der Waals surface area contributed by atoms with Crippen LogP contribution >= 0.6 is 0 Å². The van der Waals surface area contributed by atoms with Crippen LogP contribution < -0.4 is 0 Å². The first-order valence-corrected chi connectivity index (χ1v) is 10.9. The Labute approximate surface area is 177 Å². The molecule has 1 aliphatic heterocycles. The summed E-state index contributed by atoms with van der Waals surface area (Å²) in [6, 6.07) is 8.19. The van der Waals surface area contributed by atoms with Crippen LogP contribution in [0, 0.1) is 0 Å². The van der Waals surface area contributed by atoms with Crippen molar-refractivity contribution in [3.05, 3.63) is 36.3 Å². The number of morpholine rings is 1. The molecule has 3 heterocycles. The number of carbonyl (C=O) groups is 1. The number of pyridine rings is 1. The predicted molar refractivity (Wildman–Crippen MR) is 116 cm³/mol. The Morgan fingerprint density at radius 3 is 2.80 bits per heavy atom. The van der Waals surface area contributed by atoms with Crippen molar-refractivity contribution < 1.29 is 14.3 Å². The molecule has 0 radical (unpaired) electrons. The second kappa shape index (κ2) is 10.00. The van der Waals surface area contributed by atoms with Gasteiger partial charge in [-0.3, -0.25) is 9.78 Å². The monoisotopic (exact) mass is 410 g/mol. The van der Waals surface area contributed by atoms with Crippen molar-refractivity contribution in [3.8, 4) is 0 Å².